The highest BCUT2D eigenvalue weighted by Gasteiger charge is 2.16. The second-order valence-electron chi connectivity index (χ2n) is 6.08. The highest BCUT2D eigenvalue weighted by Crippen LogP contribution is 2.21. The Bertz CT molecular complexity index is 718. The van der Waals surface area contributed by atoms with Crippen LogP contribution in [0.1, 0.15) is 25.0 Å². The number of thiocarbonyl (C=S) groups is 1. The maximum atomic E-state index is 6.03. The Morgan fingerprint density at radius 2 is 1.92 bits per heavy atom. The lowest BCUT2D eigenvalue weighted by Crippen LogP contribution is -2.42. The molecule has 2 aromatic carbocycles. The fourth-order valence-corrected chi connectivity index (χ4v) is 3.47. The van der Waals surface area contributed by atoms with Crippen molar-refractivity contribution in [2.75, 3.05) is 19.0 Å². The molecule has 25 heavy (non-hydrogen) atoms. The number of halogens is 1. The van der Waals surface area contributed by atoms with Gasteiger partial charge in [0.15, 0.2) is 5.11 Å². The molecule has 0 aliphatic rings. The number of aryl methyl sites for hydroxylation is 1. The average molecular weight is 377 g/mol. The number of anilines is 1. The minimum Gasteiger partial charge on any atom is -0.497 e. The van der Waals surface area contributed by atoms with E-state index in [0.717, 1.165) is 40.1 Å². The van der Waals surface area contributed by atoms with Crippen LogP contribution in [0.15, 0.2) is 42.5 Å². The molecule has 0 heterocycles. The lowest BCUT2D eigenvalue weighted by molar-refractivity contribution is 0.347. The third kappa shape index (κ3) is 5.35. The van der Waals surface area contributed by atoms with E-state index in [1.807, 2.05) is 37.3 Å². The summed E-state index contributed by atoms with van der Waals surface area (Å²) in [6, 6.07) is 14.2. The number of hydrogen-bond donors (Lipinski definition) is 1. The Morgan fingerprint density at radius 3 is 2.48 bits per heavy atom. The van der Waals surface area contributed by atoms with Gasteiger partial charge in [-0.05, 0) is 80.9 Å². The molecular weight excluding hydrogens is 352 g/mol. The zero-order valence-corrected chi connectivity index (χ0v) is 16.7. The van der Waals surface area contributed by atoms with Crippen LogP contribution in [-0.2, 0) is 6.42 Å². The van der Waals surface area contributed by atoms with E-state index in [9.17, 15) is 0 Å². The summed E-state index contributed by atoms with van der Waals surface area (Å²) < 4.78 is 5.22. The quantitative estimate of drug-likeness (QED) is 0.691. The molecule has 0 fully saturated rings. The Morgan fingerprint density at radius 1 is 1.24 bits per heavy atom. The van der Waals surface area contributed by atoms with Gasteiger partial charge in [-0.2, -0.15) is 0 Å². The van der Waals surface area contributed by atoms with Crippen LogP contribution in [0.5, 0.6) is 5.75 Å². The SMILES string of the molecule is CCN(C(=S)Nc1ccc(Cl)cc1C)C(C)Cc1ccc(OC)cc1. The third-order valence-electron chi connectivity index (χ3n) is 4.25. The fourth-order valence-electron chi connectivity index (χ4n) is 2.82. The van der Waals surface area contributed by atoms with Gasteiger partial charge in [-0.3, -0.25) is 0 Å². The van der Waals surface area contributed by atoms with E-state index >= 15 is 0 Å². The number of rotatable bonds is 6. The molecule has 0 saturated carbocycles. The molecule has 0 spiro atoms. The van der Waals surface area contributed by atoms with Gasteiger partial charge in [0.2, 0.25) is 0 Å². The number of hydrogen-bond acceptors (Lipinski definition) is 2. The molecule has 1 N–H and O–H groups in total. The summed E-state index contributed by atoms with van der Waals surface area (Å²) in [6.07, 6.45) is 0.916. The molecule has 5 heteroatoms. The van der Waals surface area contributed by atoms with Crippen LogP contribution in [0.4, 0.5) is 5.69 Å². The molecular formula is C20H25ClN2OS. The van der Waals surface area contributed by atoms with Crippen molar-refractivity contribution < 1.29 is 4.74 Å². The highest BCUT2D eigenvalue weighted by molar-refractivity contribution is 7.80. The first-order valence-corrected chi connectivity index (χ1v) is 9.20. The van der Waals surface area contributed by atoms with Gasteiger partial charge >= 0.3 is 0 Å². The zero-order chi connectivity index (χ0) is 18.4. The zero-order valence-electron chi connectivity index (χ0n) is 15.2. The number of methoxy groups -OCH3 is 1. The summed E-state index contributed by atoms with van der Waals surface area (Å²) in [5.74, 6) is 0.874. The van der Waals surface area contributed by atoms with Crippen molar-refractivity contribution in [2.45, 2.75) is 33.2 Å². The van der Waals surface area contributed by atoms with Gasteiger partial charge in [-0.25, -0.2) is 0 Å². The summed E-state index contributed by atoms with van der Waals surface area (Å²) in [4.78, 5) is 2.20. The minimum atomic E-state index is 0.283. The molecule has 0 aromatic heterocycles. The highest BCUT2D eigenvalue weighted by atomic mass is 35.5. The van der Waals surface area contributed by atoms with E-state index in [4.69, 9.17) is 28.6 Å². The van der Waals surface area contributed by atoms with Gasteiger partial charge in [0, 0.05) is 23.3 Å². The van der Waals surface area contributed by atoms with Crippen LogP contribution in [-0.4, -0.2) is 29.7 Å². The fraction of sp³-hybridized carbons (Fsp3) is 0.350. The summed E-state index contributed by atoms with van der Waals surface area (Å²) in [5.41, 5.74) is 3.33. The van der Waals surface area contributed by atoms with E-state index in [1.54, 1.807) is 7.11 Å². The maximum absolute atomic E-state index is 6.03. The van der Waals surface area contributed by atoms with Crippen molar-refractivity contribution in [3.05, 3.63) is 58.6 Å². The van der Waals surface area contributed by atoms with Crippen molar-refractivity contribution in [2.24, 2.45) is 0 Å². The van der Waals surface area contributed by atoms with Crippen molar-refractivity contribution in [1.29, 1.82) is 0 Å². The van der Waals surface area contributed by atoms with Crippen LogP contribution in [0, 0.1) is 6.92 Å². The van der Waals surface area contributed by atoms with E-state index < -0.39 is 0 Å². The second kappa shape index (κ2) is 9.07. The lowest BCUT2D eigenvalue weighted by atomic mass is 10.1. The first kappa shape index (κ1) is 19.5. The van der Waals surface area contributed by atoms with Crippen molar-refractivity contribution in [3.63, 3.8) is 0 Å². The summed E-state index contributed by atoms with van der Waals surface area (Å²) >= 11 is 11.7. The number of nitrogens with one attached hydrogen (secondary N) is 1. The molecule has 0 amide bonds. The van der Waals surface area contributed by atoms with Crippen molar-refractivity contribution in [1.82, 2.24) is 4.90 Å². The Kier molecular flexibility index (Phi) is 7.09. The Hall–Kier alpha value is -1.78. The van der Waals surface area contributed by atoms with E-state index in [-0.39, 0.29) is 6.04 Å². The van der Waals surface area contributed by atoms with Crippen LogP contribution >= 0.6 is 23.8 Å². The predicted molar refractivity (Wildman–Crippen MR) is 111 cm³/mol. The van der Waals surface area contributed by atoms with Crippen LogP contribution in [0.3, 0.4) is 0 Å². The number of nitrogens with zero attached hydrogens (tertiary/aromatic N) is 1. The normalized spacial score (nSPS) is 11.7. The molecule has 0 bridgehead atoms. The maximum Gasteiger partial charge on any atom is 0.173 e. The molecule has 2 rings (SSSR count). The first-order valence-electron chi connectivity index (χ1n) is 8.41. The number of benzene rings is 2. The van der Waals surface area contributed by atoms with Crippen LogP contribution in [0.25, 0.3) is 0 Å². The van der Waals surface area contributed by atoms with Gasteiger partial charge in [0.25, 0.3) is 0 Å². The molecule has 0 aliphatic heterocycles. The second-order valence-corrected chi connectivity index (χ2v) is 6.90. The van der Waals surface area contributed by atoms with Gasteiger partial charge in [0.1, 0.15) is 5.75 Å². The monoisotopic (exact) mass is 376 g/mol. The first-order chi connectivity index (χ1) is 11.9. The van der Waals surface area contributed by atoms with Gasteiger partial charge in [0.05, 0.1) is 7.11 Å². The van der Waals surface area contributed by atoms with Crippen molar-refractivity contribution in [3.8, 4) is 5.75 Å². The molecule has 0 radical (unpaired) electrons. The van der Waals surface area contributed by atoms with Gasteiger partial charge < -0.3 is 15.0 Å². The molecule has 1 atom stereocenters. The van der Waals surface area contributed by atoms with Gasteiger partial charge in [-0.15, -0.1) is 0 Å². The summed E-state index contributed by atoms with van der Waals surface area (Å²) in [5, 5.41) is 4.81. The van der Waals surface area contributed by atoms with Crippen LogP contribution in [0.2, 0.25) is 5.02 Å². The topological polar surface area (TPSA) is 24.5 Å². The smallest absolute Gasteiger partial charge is 0.173 e. The standard InChI is InChI=1S/C20H25ClN2OS/c1-5-23(15(3)13-16-6-9-18(24-4)10-7-16)20(25)22-19-11-8-17(21)12-14(19)2/h6-12,15H,5,13H2,1-4H3,(H,22,25). The van der Waals surface area contributed by atoms with Gasteiger partial charge in [-0.1, -0.05) is 23.7 Å². The Labute approximate surface area is 160 Å². The molecule has 0 aliphatic carbocycles. The predicted octanol–water partition coefficient (Wildman–Crippen LogP) is 5.31. The van der Waals surface area contributed by atoms with Crippen LogP contribution < -0.4 is 10.1 Å². The van der Waals surface area contributed by atoms with Crippen molar-refractivity contribution >= 4 is 34.6 Å². The molecule has 0 saturated heterocycles. The third-order valence-corrected chi connectivity index (χ3v) is 4.83. The summed E-state index contributed by atoms with van der Waals surface area (Å²) in [7, 11) is 1.68. The van der Waals surface area contributed by atoms with E-state index in [2.05, 4.69) is 36.2 Å². The number of likely N-dealkylation sites (N-methyl/N-ethyl adjacent to an activating group) is 1. The molecule has 3 nitrogen and oxygen atoms in total. The lowest BCUT2D eigenvalue weighted by Gasteiger charge is -2.31. The largest absolute Gasteiger partial charge is 0.497 e. The number of ether oxygens (including phenoxy) is 1. The molecule has 1 unspecified atom stereocenters. The minimum absolute atomic E-state index is 0.283. The molecule has 134 valence electrons. The average Bonchev–Trinajstić information content (AvgIpc) is 2.58. The molecule has 2 aromatic rings. The Balaban J connectivity index is 2.04. The van der Waals surface area contributed by atoms with E-state index in [0.29, 0.717) is 0 Å². The van der Waals surface area contributed by atoms with E-state index in [1.165, 1.54) is 5.56 Å². The summed E-state index contributed by atoms with van der Waals surface area (Å²) in [6.45, 7) is 7.17.